The number of imidazole rings is 1. The third kappa shape index (κ3) is 3.54. The molecule has 0 spiro atoms. The molecule has 0 radical (unpaired) electrons. The number of benzene rings is 2. The Balaban J connectivity index is 1.57. The van der Waals surface area contributed by atoms with Crippen LogP contribution in [0.15, 0.2) is 48.8 Å². The lowest BCUT2D eigenvalue weighted by atomic mass is 10.2. The molecule has 1 aromatic heterocycles. The number of carboxylic acids is 2. The summed E-state index contributed by atoms with van der Waals surface area (Å²) in [6.07, 6.45) is 1.67. The van der Waals surface area contributed by atoms with Gasteiger partial charge in [0.2, 0.25) is 0 Å². The van der Waals surface area contributed by atoms with Crippen LogP contribution < -0.4 is 10.0 Å². The fourth-order valence-electron chi connectivity index (χ4n) is 3.54. The number of nitrogens with zero attached hydrogens (tertiary/aromatic N) is 4. The Morgan fingerprint density at radius 2 is 1.79 bits per heavy atom. The smallest absolute Gasteiger partial charge is 0.317 e. The molecule has 1 aliphatic rings. The molecular weight excluding hydrogens is 360 g/mol. The van der Waals surface area contributed by atoms with Crippen molar-refractivity contribution < 1.29 is 19.8 Å². The SMILES string of the molecule is O=C(O)CN1CCN(c2cccc(-n3cnc4cc(C(=O)[O-])ccc43)c2)CC1. The standard InChI is InChI=1S/C20H20N4O4/c25-19(26)12-22-6-8-23(9-7-22)15-2-1-3-16(11-15)24-13-21-17-10-14(20(27)28)4-5-18(17)24/h1-5,10-11,13H,6-9,12H2,(H,25,26)(H,27,28)/p-1. The molecule has 0 amide bonds. The van der Waals surface area contributed by atoms with Crippen molar-refractivity contribution in [2.75, 3.05) is 37.6 Å². The van der Waals surface area contributed by atoms with Crippen molar-refractivity contribution in [3.05, 3.63) is 54.4 Å². The second-order valence-electron chi connectivity index (χ2n) is 6.78. The molecule has 0 atom stereocenters. The molecule has 1 saturated heterocycles. The van der Waals surface area contributed by atoms with Crippen LogP contribution >= 0.6 is 0 Å². The van der Waals surface area contributed by atoms with E-state index in [1.165, 1.54) is 12.1 Å². The number of hydrogen-bond donors (Lipinski definition) is 1. The van der Waals surface area contributed by atoms with Gasteiger partial charge < -0.3 is 19.9 Å². The molecule has 3 aromatic rings. The van der Waals surface area contributed by atoms with E-state index < -0.39 is 11.9 Å². The second kappa shape index (κ2) is 7.32. The first-order valence-corrected chi connectivity index (χ1v) is 8.99. The van der Waals surface area contributed by atoms with E-state index >= 15 is 0 Å². The molecule has 2 heterocycles. The summed E-state index contributed by atoms with van der Waals surface area (Å²) in [5.74, 6) is -2.02. The van der Waals surface area contributed by atoms with E-state index in [1.807, 2.05) is 27.7 Å². The summed E-state index contributed by atoms with van der Waals surface area (Å²) in [7, 11) is 0. The minimum absolute atomic E-state index is 0.0722. The molecule has 0 unspecified atom stereocenters. The van der Waals surface area contributed by atoms with E-state index in [0.29, 0.717) is 18.6 Å². The average molecular weight is 379 g/mol. The van der Waals surface area contributed by atoms with Crippen molar-refractivity contribution >= 4 is 28.7 Å². The van der Waals surface area contributed by atoms with Crippen LogP contribution in [0.4, 0.5) is 5.69 Å². The number of fused-ring (bicyclic) bond motifs is 1. The number of aromatic nitrogens is 2. The first kappa shape index (κ1) is 18.0. The summed E-state index contributed by atoms with van der Waals surface area (Å²) in [6, 6.07) is 12.8. The van der Waals surface area contributed by atoms with E-state index in [1.54, 1.807) is 12.4 Å². The van der Waals surface area contributed by atoms with Gasteiger partial charge in [-0.15, -0.1) is 0 Å². The average Bonchev–Trinajstić information content (AvgIpc) is 3.11. The van der Waals surface area contributed by atoms with Crippen molar-refractivity contribution in [1.82, 2.24) is 14.5 Å². The lowest BCUT2D eigenvalue weighted by molar-refractivity contribution is -0.255. The Hall–Kier alpha value is -3.39. The minimum Gasteiger partial charge on any atom is -0.545 e. The molecule has 28 heavy (non-hydrogen) atoms. The number of carboxylic acid groups (broad SMARTS) is 2. The minimum atomic E-state index is -1.22. The highest BCUT2D eigenvalue weighted by atomic mass is 16.4. The summed E-state index contributed by atoms with van der Waals surface area (Å²) in [4.78, 5) is 30.4. The Kier molecular flexibility index (Phi) is 4.70. The quantitative estimate of drug-likeness (QED) is 0.692. The zero-order valence-corrected chi connectivity index (χ0v) is 15.1. The summed E-state index contributed by atoms with van der Waals surface area (Å²) in [6.45, 7) is 3.00. The van der Waals surface area contributed by atoms with E-state index in [4.69, 9.17) is 5.11 Å². The predicted molar refractivity (Wildman–Crippen MR) is 102 cm³/mol. The highest BCUT2D eigenvalue weighted by Crippen LogP contribution is 2.24. The van der Waals surface area contributed by atoms with Crippen molar-refractivity contribution in [2.45, 2.75) is 0 Å². The second-order valence-corrected chi connectivity index (χ2v) is 6.78. The van der Waals surface area contributed by atoms with Crippen molar-refractivity contribution in [3.8, 4) is 5.69 Å². The summed E-state index contributed by atoms with van der Waals surface area (Å²) >= 11 is 0. The maximum atomic E-state index is 11.0. The number of piperazine rings is 1. The van der Waals surface area contributed by atoms with Gasteiger partial charge in [0.15, 0.2) is 0 Å². The number of anilines is 1. The maximum Gasteiger partial charge on any atom is 0.317 e. The van der Waals surface area contributed by atoms with Gasteiger partial charge in [-0.1, -0.05) is 12.1 Å². The predicted octanol–water partition coefficient (Wildman–Crippen LogP) is 0.596. The van der Waals surface area contributed by atoms with Crippen LogP contribution in [0.25, 0.3) is 16.7 Å². The number of carbonyl (C=O) groups is 2. The van der Waals surface area contributed by atoms with Gasteiger partial charge in [-0.05, 0) is 35.9 Å². The molecule has 0 bridgehead atoms. The Labute approximate surface area is 161 Å². The normalized spacial score (nSPS) is 15.1. The lowest BCUT2D eigenvalue weighted by Gasteiger charge is -2.35. The van der Waals surface area contributed by atoms with Crippen LogP contribution in [0.2, 0.25) is 0 Å². The molecule has 0 aliphatic carbocycles. The van der Waals surface area contributed by atoms with Crippen LogP contribution in [-0.4, -0.2) is 64.2 Å². The van der Waals surface area contributed by atoms with Crippen LogP contribution in [0.1, 0.15) is 10.4 Å². The monoisotopic (exact) mass is 379 g/mol. The van der Waals surface area contributed by atoms with E-state index in [0.717, 1.165) is 30.0 Å². The van der Waals surface area contributed by atoms with E-state index in [9.17, 15) is 14.7 Å². The molecule has 1 aliphatic heterocycles. The Morgan fingerprint density at radius 1 is 1.04 bits per heavy atom. The summed E-state index contributed by atoms with van der Waals surface area (Å²) in [5.41, 5.74) is 3.49. The molecule has 0 saturated carbocycles. The largest absolute Gasteiger partial charge is 0.545 e. The number of hydrogen-bond acceptors (Lipinski definition) is 6. The molecule has 1 N–H and O–H groups in total. The van der Waals surface area contributed by atoms with Gasteiger partial charge in [0.25, 0.3) is 0 Å². The molecule has 8 nitrogen and oxygen atoms in total. The van der Waals surface area contributed by atoms with Gasteiger partial charge >= 0.3 is 5.97 Å². The van der Waals surface area contributed by atoms with Crippen molar-refractivity contribution in [1.29, 1.82) is 0 Å². The third-order valence-corrected chi connectivity index (χ3v) is 4.99. The lowest BCUT2D eigenvalue weighted by Crippen LogP contribution is -2.48. The molecule has 4 rings (SSSR count). The molecule has 1 fully saturated rings. The Bertz CT molecular complexity index is 1040. The number of rotatable bonds is 5. The summed E-state index contributed by atoms with van der Waals surface area (Å²) in [5, 5.41) is 20.0. The fraction of sp³-hybridized carbons (Fsp3) is 0.250. The number of aromatic carboxylic acids is 1. The number of aliphatic carboxylic acids is 1. The van der Waals surface area contributed by atoms with Crippen molar-refractivity contribution in [2.24, 2.45) is 0 Å². The van der Waals surface area contributed by atoms with Gasteiger partial charge in [-0.2, -0.15) is 0 Å². The van der Waals surface area contributed by atoms with Crippen LogP contribution in [0.5, 0.6) is 0 Å². The first-order chi connectivity index (χ1) is 13.5. The first-order valence-electron chi connectivity index (χ1n) is 8.99. The maximum absolute atomic E-state index is 11.0. The van der Waals surface area contributed by atoms with Gasteiger partial charge in [0.1, 0.15) is 6.33 Å². The fourth-order valence-corrected chi connectivity index (χ4v) is 3.54. The number of carbonyl (C=O) groups excluding carboxylic acids is 1. The van der Waals surface area contributed by atoms with Gasteiger partial charge in [-0.25, -0.2) is 4.98 Å². The molecule has 2 aromatic carbocycles. The van der Waals surface area contributed by atoms with Crippen LogP contribution in [0, 0.1) is 0 Å². The zero-order valence-electron chi connectivity index (χ0n) is 15.1. The van der Waals surface area contributed by atoms with E-state index in [2.05, 4.69) is 16.0 Å². The summed E-state index contributed by atoms with van der Waals surface area (Å²) < 4.78 is 1.92. The highest BCUT2D eigenvalue weighted by Gasteiger charge is 2.19. The molecular formula is C20H19N4O4-. The van der Waals surface area contributed by atoms with Crippen LogP contribution in [0.3, 0.4) is 0 Å². The zero-order chi connectivity index (χ0) is 19.7. The highest BCUT2D eigenvalue weighted by molar-refractivity contribution is 5.91. The Morgan fingerprint density at radius 3 is 2.50 bits per heavy atom. The van der Waals surface area contributed by atoms with Gasteiger partial charge in [0, 0.05) is 37.6 Å². The van der Waals surface area contributed by atoms with E-state index in [-0.39, 0.29) is 12.1 Å². The topological polar surface area (TPSA) is 102 Å². The third-order valence-electron chi connectivity index (χ3n) is 4.99. The van der Waals surface area contributed by atoms with Crippen LogP contribution in [-0.2, 0) is 4.79 Å². The molecule has 8 heteroatoms. The van der Waals surface area contributed by atoms with Gasteiger partial charge in [-0.3, -0.25) is 14.3 Å². The van der Waals surface area contributed by atoms with Crippen molar-refractivity contribution in [3.63, 3.8) is 0 Å². The molecule has 144 valence electrons. The van der Waals surface area contributed by atoms with Gasteiger partial charge in [0.05, 0.1) is 23.5 Å².